The van der Waals surface area contributed by atoms with Gasteiger partial charge in [-0.2, -0.15) is 0 Å². The fourth-order valence-electron chi connectivity index (χ4n) is 1.58. The summed E-state index contributed by atoms with van der Waals surface area (Å²) in [7, 11) is 0. The van der Waals surface area contributed by atoms with Gasteiger partial charge >= 0.3 is 5.97 Å². The summed E-state index contributed by atoms with van der Waals surface area (Å²) >= 11 is 1.62. The van der Waals surface area contributed by atoms with E-state index in [0.717, 1.165) is 4.90 Å². The minimum Gasteiger partial charge on any atom is -0.480 e. The molecule has 1 rings (SSSR count). The van der Waals surface area contributed by atoms with Crippen molar-refractivity contribution in [3.8, 4) is 0 Å². The second kappa shape index (κ2) is 6.79. The number of nitrogens with one attached hydrogen (secondary N) is 1. The average molecular weight is 295 g/mol. The van der Waals surface area contributed by atoms with E-state index in [1.807, 2.05) is 27.7 Å². The van der Waals surface area contributed by atoms with Crippen LogP contribution in [0.4, 0.5) is 0 Å². The van der Waals surface area contributed by atoms with Gasteiger partial charge in [-0.05, 0) is 25.5 Å². The van der Waals surface area contributed by atoms with Gasteiger partial charge in [-0.1, -0.05) is 31.5 Å². The second-order valence-electron chi connectivity index (χ2n) is 5.52. The predicted octanol–water partition coefficient (Wildman–Crippen LogP) is 2.62. The first-order chi connectivity index (χ1) is 9.22. The highest BCUT2D eigenvalue weighted by atomic mass is 32.2. The van der Waals surface area contributed by atoms with Crippen molar-refractivity contribution >= 4 is 23.6 Å². The number of thioether (sulfide) groups is 1. The Kier molecular flexibility index (Phi) is 5.62. The van der Waals surface area contributed by atoms with Crippen molar-refractivity contribution in [2.45, 2.75) is 32.6 Å². The molecule has 0 unspecified atom stereocenters. The summed E-state index contributed by atoms with van der Waals surface area (Å²) in [6, 6.07) is 6.23. The summed E-state index contributed by atoms with van der Waals surface area (Å²) in [6.45, 7) is 7.38. The Morgan fingerprint density at radius 2 is 1.95 bits per heavy atom. The topological polar surface area (TPSA) is 66.4 Å². The van der Waals surface area contributed by atoms with Crippen LogP contribution in [0.15, 0.2) is 23.1 Å². The third-order valence-corrected chi connectivity index (χ3v) is 4.56. The molecule has 0 fully saturated rings. The molecular formula is C15H21NO3S. The zero-order valence-electron chi connectivity index (χ0n) is 12.3. The first kappa shape index (κ1) is 16.6. The molecule has 0 aliphatic carbocycles. The van der Waals surface area contributed by atoms with E-state index in [1.54, 1.807) is 11.8 Å². The Balaban J connectivity index is 2.64. The number of carbonyl (C=O) groups is 2. The van der Waals surface area contributed by atoms with Crippen LogP contribution in [0, 0.1) is 19.3 Å². The number of hydrogen-bond acceptors (Lipinski definition) is 3. The van der Waals surface area contributed by atoms with Crippen LogP contribution in [0.2, 0.25) is 0 Å². The van der Waals surface area contributed by atoms with E-state index < -0.39 is 11.4 Å². The Morgan fingerprint density at radius 3 is 2.55 bits per heavy atom. The lowest BCUT2D eigenvalue weighted by Gasteiger charge is -2.23. The number of rotatable bonds is 6. The van der Waals surface area contributed by atoms with E-state index in [2.05, 4.69) is 23.5 Å². The number of carboxylic acid groups (broad SMARTS) is 1. The minimum atomic E-state index is -1.03. The van der Waals surface area contributed by atoms with Crippen LogP contribution < -0.4 is 5.32 Å². The van der Waals surface area contributed by atoms with Gasteiger partial charge in [0.1, 0.15) is 6.54 Å². The lowest BCUT2D eigenvalue weighted by atomic mass is 9.95. The molecule has 0 heterocycles. The second-order valence-corrected chi connectivity index (χ2v) is 6.54. The Morgan fingerprint density at radius 1 is 1.30 bits per heavy atom. The summed E-state index contributed by atoms with van der Waals surface area (Å²) < 4.78 is 0. The number of carboxylic acids is 1. The van der Waals surface area contributed by atoms with E-state index >= 15 is 0 Å². The molecule has 1 aromatic rings. The summed E-state index contributed by atoms with van der Waals surface area (Å²) in [6.07, 6.45) is 0. The molecule has 20 heavy (non-hydrogen) atoms. The molecule has 0 radical (unpaired) electrons. The summed E-state index contributed by atoms with van der Waals surface area (Å²) in [5.41, 5.74) is 1.75. The van der Waals surface area contributed by atoms with Gasteiger partial charge < -0.3 is 10.4 Å². The van der Waals surface area contributed by atoms with Gasteiger partial charge in [0.25, 0.3) is 0 Å². The smallest absolute Gasteiger partial charge is 0.322 e. The van der Waals surface area contributed by atoms with Crippen LogP contribution in [0.3, 0.4) is 0 Å². The molecule has 0 spiro atoms. The molecule has 0 atom stereocenters. The van der Waals surface area contributed by atoms with Gasteiger partial charge in [0.2, 0.25) is 5.91 Å². The molecule has 1 amide bonds. The van der Waals surface area contributed by atoms with Crippen molar-refractivity contribution in [1.29, 1.82) is 0 Å². The zero-order chi connectivity index (χ0) is 15.3. The Hall–Kier alpha value is -1.49. The molecule has 0 bridgehead atoms. The van der Waals surface area contributed by atoms with Crippen molar-refractivity contribution in [3.05, 3.63) is 29.3 Å². The molecule has 4 nitrogen and oxygen atoms in total. The van der Waals surface area contributed by atoms with Crippen LogP contribution in [-0.2, 0) is 9.59 Å². The SMILES string of the molecule is Cc1ccc(C)c(SCC(C)(C)C(=O)NCC(=O)O)c1. The van der Waals surface area contributed by atoms with Gasteiger partial charge in [-0.15, -0.1) is 11.8 Å². The fourth-order valence-corrected chi connectivity index (χ4v) is 2.79. The largest absolute Gasteiger partial charge is 0.480 e. The van der Waals surface area contributed by atoms with E-state index in [0.29, 0.717) is 5.75 Å². The quantitative estimate of drug-likeness (QED) is 0.792. The molecule has 2 N–H and O–H groups in total. The van der Waals surface area contributed by atoms with Crippen molar-refractivity contribution in [2.24, 2.45) is 5.41 Å². The zero-order valence-corrected chi connectivity index (χ0v) is 13.1. The van der Waals surface area contributed by atoms with Gasteiger partial charge in [0, 0.05) is 10.6 Å². The number of aliphatic carboxylic acids is 1. The molecule has 0 aliphatic rings. The molecule has 0 saturated carbocycles. The number of benzene rings is 1. The predicted molar refractivity (Wildman–Crippen MR) is 81.1 cm³/mol. The van der Waals surface area contributed by atoms with Crippen LogP contribution in [-0.4, -0.2) is 29.3 Å². The number of aryl methyl sites for hydroxylation is 2. The van der Waals surface area contributed by atoms with Crippen molar-refractivity contribution < 1.29 is 14.7 Å². The molecule has 110 valence electrons. The first-order valence-electron chi connectivity index (χ1n) is 6.42. The third-order valence-electron chi connectivity index (χ3n) is 2.95. The summed E-state index contributed by atoms with van der Waals surface area (Å²) in [5, 5.41) is 11.0. The maximum absolute atomic E-state index is 12.0. The first-order valence-corrected chi connectivity index (χ1v) is 7.41. The van der Waals surface area contributed by atoms with Crippen LogP contribution in [0.1, 0.15) is 25.0 Å². The number of hydrogen-bond donors (Lipinski definition) is 2. The molecule has 1 aromatic carbocycles. The van der Waals surface area contributed by atoms with Crippen molar-refractivity contribution in [2.75, 3.05) is 12.3 Å². The molecule has 5 heteroatoms. The highest BCUT2D eigenvalue weighted by Gasteiger charge is 2.28. The van der Waals surface area contributed by atoms with Gasteiger partial charge in [0.05, 0.1) is 5.41 Å². The Bertz CT molecular complexity index is 512. The van der Waals surface area contributed by atoms with Crippen molar-refractivity contribution in [1.82, 2.24) is 5.32 Å². The average Bonchev–Trinajstić information content (AvgIpc) is 2.37. The van der Waals surface area contributed by atoms with Gasteiger partial charge in [0.15, 0.2) is 0 Å². The minimum absolute atomic E-state index is 0.238. The third kappa shape index (κ3) is 4.89. The maximum atomic E-state index is 12.0. The lowest BCUT2D eigenvalue weighted by Crippen LogP contribution is -2.40. The monoisotopic (exact) mass is 295 g/mol. The molecular weight excluding hydrogens is 274 g/mol. The normalized spacial score (nSPS) is 11.2. The molecule has 0 aliphatic heterocycles. The Labute approximate surface area is 124 Å². The molecule has 0 aromatic heterocycles. The van der Waals surface area contributed by atoms with Gasteiger partial charge in [-0.3, -0.25) is 9.59 Å². The number of amides is 1. The van der Waals surface area contributed by atoms with Crippen LogP contribution in [0.25, 0.3) is 0 Å². The van der Waals surface area contributed by atoms with Crippen LogP contribution >= 0.6 is 11.8 Å². The van der Waals surface area contributed by atoms with Gasteiger partial charge in [-0.25, -0.2) is 0 Å². The fraction of sp³-hybridized carbons (Fsp3) is 0.467. The number of carbonyl (C=O) groups excluding carboxylic acids is 1. The molecule has 0 saturated heterocycles. The van der Waals surface area contributed by atoms with Crippen molar-refractivity contribution in [3.63, 3.8) is 0 Å². The lowest BCUT2D eigenvalue weighted by molar-refractivity contribution is -0.139. The summed E-state index contributed by atoms with van der Waals surface area (Å²) in [5.74, 6) is -0.669. The maximum Gasteiger partial charge on any atom is 0.322 e. The summed E-state index contributed by atoms with van der Waals surface area (Å²) in [4.78, 5) is 23.6. The highest BCUT2D eigenvalue weighted by molar-refractivity contribution is 7.99. The van der Waals surface area contributed by atoms with E-state index in [1.165, 1.54) is 11.1 Å². The van der Waals surface area contributed by atoms with E-state index in [4.69, 9.17) is 5.11 Å². The standard InChI is InChI=1S/C15H21NO3S/c1-10-5-6-11(2)12(7-10)20-9-15(3,4)14(19)16-8-13(17)18/h5-7H,8-9H2,1-4H3,(H,16,19)(H,17,18). The van der Waals surface area contributed by atoms with E-state index in [-0.39, 0.29) is 12.5 Å². The van der Waals surface area contributed by atoms with E-state index in [9.17, 15) is 9.59 Å². The highest BCUT2D eigenvalue weighted by Crippen LogP contribution is 2.30. The van der Waals surface area contributed by atoms with Crippen LogP contribution in [0.5, 0.6) is 0 Å².